The third-order valence-corrected chi connectivity index (χ3v) is 8.74. The lowest BCUT2D eigenvalue weighted by molar-refractivity contribution is -0.148. The number of esters is 2. The standard InChI is InChI=1S/C43H77NO7/c1-6-9-12-15-16-17-18-19-20-21-22-23-24-26-29-32-41(45)49-36-40(38-51-43(47)48-34-33-44(4)5)37-50-42(46)35-39(30-27-14-11-8-3)31-28-25-13-10-7-2/h16-17,19-20,35,40H,6-15,18,21-34,36-38H2,1-5H3/b17-16-,20-19-,39-35+. The van der Waals surface area contributed by atoms with Crippen LogP contribution in [0.25, 0.3) is 0 Å². The SMILES string of the molecule is CCCCC/C=C\C/C=C\CCCCCCCC(=O)OCC(COC(=O)/C=C(\CCCCCC)CCCCCCC)COC(=O)OCCN(C)C. The van der Waals surface area contributed by atoms with Crippen LogP contribution >= 0.6 is 0 Å². The van der Waals surface area contributed by atoms with E-state index in [4.69, 9.17) is 18.9 Å². The largest absolute Gasteiger partial charge is 0.508 e. The fourth-order valence-electron chi connectivity index (χ4n) is 5.46. The van der Waals surface area contributed by atoms with Crippen LogP contribution in [0.5, 0.6) is 0 Å². The molecule has 0 heterocycles. The van der Waals surface area contributed by atoms with Gasteiger partial charge in [0.2, 0.25) is 0 Å². The van der Waals surface area contributed by atoms with E-state index >= 15 is 0 Å². The van der Waals surface area contributed by atoms with Crippen LogP contribution in [0.4, 0.5) is 4.79 Å². The molecule has 0 aromatic carbocycles. The van der Waals surface area contributed by atoms with E-state index < -0.39 is 18.0 Å². The minimum Gasteiger partial charge on any atom is -0.465 e. The van der Waals surface area contributed by atoms with Crippen LogP contribution in [0.1, 0.15) is 168 Å². The molecule has 0 bridgehead atoms. The second-order valence-electron chi connectivity index (χ2n) is 14.2. The summed E-state index contributed by atoms with van der Waals surface area (Å²) in [5.74, 6) is -1.17. The highest BCUT2D eigenvalue weighted by Gasteiger charge is 2.18. The van der Waals surface area contributed by atoms with Gasteiger partial charge in [-0.15, -0.1) is 0 Å². The minimum absolute atomic E-state index is 0.00235. The first-order valence-electron chi connectivity index (χ1n) is 20.6. The molecule has 0 fully saturated rings. The van der Waals surface area contributed by atoms with E-state index in [1.165, 1.54) is 64.2 Å². The zero-order valence-electron chi connectivity index (χ0n) is 33.6. The van der Waals surface area contributed by atoms with E-state index in [1.807, 2.05) is 19.0 Å². The summed E-state index contributed by atoms with van der Waals surface area (Å²) in [4.78, 5) is 39.5. The first-order chi connectivity index (χ1) is 24.8. The molecule has 0 saturated heterocycles. The highest BCUT2D eigenvalue weighted by Crippen LogP contribution is 2.18. The Balaban J connectivity index is 4.73. The molecule has 8 nitrogen and oxygen atoms in total. The molecule has 0 aliphatic carbocycles. The number of carbonyl (C=O) groups is 3. The zero-order chi connectivity index (χ0) is 37.6. The highest BCUT2D eigenvalue weighted by molar-refractivity contribution is 5.82. The van der Waals surface area contributed by atoms with Crippen molar-refractivity contribution < 1.29 is 33.3 Å². The van der Waals surface area contributed by atoms with E-state index in [2.05, 4.69) is 45.1 Å². The number of hydrogen-bond acceptors (Lipinski definition) is 8. The van der Waals surface area contributed by atoms with Crippen molar-refractivity contribution in [2.24, 2.45) is 5.92 Å². The Kier molecular flexibility index (Phi) is 35.3. The summed E-state index contributed by atoms with van der Waals surface area (Å²) in [7, 11) is 3.78. The maximum atomic E-state index is 12.9. The van der Waals surface area contributed by atoms with Crippen LogP contribution in [-0.2, 0) is 28.5 Å². The average molecular weight is 720 g/mol. The number of hydrogen-bond donors (Lipinski definition) is 0. The lowest BCUT2D eigenvalue weighted by Crippen LogP contribution is -2.27. The van der Waals surface area contributed by atoms with Crippen molar-refractivity contribution in [3.8, 4) is 0 Å². The van der Waals surface area contributed by atoms with Gasteiger partial charge in [0.05, 0.1) is 5.92 Å². The molecule has 0 amide bonds. The monoisotopic (exact) mass is 720 g/mol. The summed E-state index contributed by atoms with van der Waals surface area (Å²) in [6.45, 7) is 7.33. The predicted molar refractivity (Wildman–Crippen MR) is 211 cm³/mol. The Hall–Kier alpha value is -2.61. The van der Waals surface area contributed by atoms with Gasteiger partial charge >= 0.3 is 18.1 Å². The highest BCUT2D eigenvalue weighted by atomic mass is 16.7. The van der Waals surface area contributed by atoms with Crippen molar-refractivity contribution in [1.82, 2.24) is 4.90 Å². The second kappa shape index (κ2) is 37.2. The van der Waals surface area contributed by atoms with Gasteiger partial charge in [-0.05, 0) is 78.3 Å². The summed E-state index contributed by atoms with van der Waals surface area (Å²) in [5.41, 5.74) is 1.13. The predicted octanol–water partition coefficient (Wildman–Crippen LogP) is 11.5. The molecule has 0 rings (SSSR count). The van der Waals surface area contributed by atoms with E-state index in [0.717, 1.165) is 82.6 Å². The van der Waals surface area contributed by atoms with Gasteiger partial charge in [-0.1, -0.05) is 128 Å². The molecule has 1 unspecified atom stereocenters. The van der Waals surface area contributed by atoms with Gasteiger partial charge in [0.25, 0.3) is 0 Å². The number of carbonyl (C=O) groups excluding carboxylic acids is 3. The summed E-state index contributed by atoms with van der Waals surface area (Å²) >= 11 is 0. The minimum atomic E-state index is -0.790. The Morgan fingerprint density at radius 2 is 1.04 bits per heavy atom. The van der Waals surface area contributed by atoms with Crippen LogP contribution in [0.3, 0.4) is 0 Å². The van der Waals surface area contributed by atoms with Crippen molar-refractivity contribution in [1.29, 1.82) is 0 Å². The lowest BCUT2D eigenvalue weighted by Gasteiger charge is -2.17. The first-order valence-corrected chi connectivity index (χ1v) is 20.6. The molecule has 51 heavy (non-hydrogen) atoms. The zero-order valence-corrected chi connectivity index (χ0v) is 33.6. The number of ether oxygens (including phenoxy) is 4. The van der Waals surface area contributed by atoms with Crippen LogP contribution in [0, 0.1) is 5.92 Å². The summed E-state index contributed by atoms with van der Waals surface area (Å²) in [6.07, 6.45) is 34.9. The van der Waals surface area contributed by atoms with Crippen molar-refractivity contribution >= 4 is 18.1 Å². The van der Waals surface area contributed by atoms with E-state index in [9.17, 15) is 14.4 Å². The summed E-state index contributed by atoms with van der Waals surface area (Å²) in [5, 5.41) is 0. The maximum absolute atomic E-state index is 12.9. The number of likely N-dealkylation sites (N-methyl/N-ethyl adjacent to an activating group) is 1. The first kappa shape index (κ1) is 48.4. The number of nitrogens with zero attached hydrogens (tertiary/aromatic N) is 1. The van der Waals surface area contributed by atoms with Crippen molar-refractivity contribution in [3.63, 3.8) is 0 Å². The third kappa shape index (κ3) is 35.6. The maximum Gasteiger partial charge on any atom is 0.508 e. The van der Waals surface area contributed by atoms with Gasteiger partial charge in [-0.25, -0.2) is 9.59 Å². The molecule has 0 radical (unpaired) electrons. The number of allylic oxidation sites excluding steroid dienone is 5. The molecule has 0 aliphatic heterocycles. The number of unbranched alkanes of at least 4 members (excludes halogenated alkanes) is 15. The van der Waals surface area contributed by atoms with Crippen LogP contribution in [0.15, 0.2) is 36.0 Å². The van der Waals surface area contributed by atoms with Gasteiger partial charge in [-0.3, -0.25) is 4.79 Å². The van der Waals surface area contributed by atoms with Gasteiger partial charge < -0.3 is 23.8 Å². The number of rotatable bonds is 35. The van der Waals surface area contributed by atoms with Crippen LogP contribution in [0.2, 0.25) is 0 Å². The van der Waals surface area contributed by atoms with E-state index in [-0.39, 0.29) is 32.4 Å². The van der Waals surface area contributed by atoms with Crippen molar-refractivity contribution in [2.75, 3.05) is 47.1 Å². The van der Waals surface area contributed by atoms with Gasteiger partial charge in [0.15, 0.2) is 0 Å². The Bertz CT molecular complexity index is 927. The quantitative estimate of drug-likeness (QED) is 0.0210. The molecule has 0 saturated carbocycles. The molecule has 8 heteroatoms. The van der Waals surface area contributed by atoms with Crippen LogP contribution < -0.4 is 0 Å². The fraction of sp³-hybridized carbons (Fsp3) is 0.791. The summed E-state index contributed by atoms with van der Waals surface area (Å²) < 4.78 is 21.6. The van der Waals surface area contributed by atoms with Crippen molar-refractivity contribution in [2.45, 2.75) is 168 Å². The fourth-order valence-corrected chi connectivity index (χ4v) is 5.46. The molecule has 0 spiro atoms. The molecule has 0 aliphatic rings. The Morgan fingerprint density at radius 3 is 1.67 bits per heavy atom. The summed E-state index contributed by atoms with van der Waals surface area (Å²) in [6, 6.07) is 0. The molecular formula is C43H77NO7. The Labute approximate surface area is 313 Å². The molecule has 0 N–H and O–H groups in total. The molecule has 1 atom stereocenters. The molecule has 0 aromatic rings. The molecule has 296 valence electrons. The third-order valence-electron chi connectivity index (χ3n) is 8.74. The van der Waals surface area contributed by atoms with Gasteiger partial charge in [0, 0.05) is 19.0 Å². The van der Waals surface area contributed by atoms with Crippen LogP contribution in [-0.4, -0.2) is 70.1 Å². The van der Waals surface area contributed by atoms with E-state index in [1.54, 1.807) is 6.08 Å². The average Bonchev–Trinajstić information content (AvgIpc) is 3.10. The normalized spacial score (nSPS) is 12.5. The van der Waals surface area contributed by atoms with Gasteiger partial charge in [0.1, 0.15) is 26.4 Å². The van der Waals surface area contributed by atoms with Gasteiger partial charge in [-0.2, -0.15) is 0 Å². The van der Waals surface area contributed by atoms with Crippen molar-refractivity contribution in [3.05, 3.63) is 36.0 Å². The smallest absolute Gasteiger partial charge is 0.465 e. The molecular weight excluding hydrogens is 642 g/mol. The molecule has 0 aromatic heterocycles. The Morgan fingerprint density at radius 1 is 0.549 bits per heavy atom. The second-order valence-corrected chi connectivity index (χ2v) is 14.2. The lowest BCUT2D eigenvalue weighted by atomic mass is 10.00. The van der Waals surface area contributed by atoms with E-state index in [0.29, 0.717) is 13.0 Å². The topological polar surface area (TPSA) is 91.4 Å².